The maximum atomic E-state index is 11.6. The number of aromatic nitrogens is 1. The summed E-state index contributed by atoms with van der Waals surface area (Å²) in [5.74, 6) is 1.21. The van der Waals surface area contributed by atoms with Crippen LogP contribution in [0.15, 0.2) is 23.2 Å². The summed E-state index contributed by atoms with van der Waals surface area (Å²) in [6.07, 6.45) is -0.433. The first-order valence-corrected chi connectivity index (χ1v) is 8.33. The van der Waals surface area contributed by atoms with Crippen molar-refractivity contribution >= 4 is 36.0 Å². The molecule has 0 aromatic carbocycles. The number of methoxy groups -OCH3 is 1. The Morgan fingerprint density at radius 2 is 1.88 bits per heavy atom. The van der Waals surface area contributed by atoms with E-state index in [-0.39, 0.29) is 24.0 Å². The van der Waals surface area contributed by atoms with Crippen LogP contribution < -0.4 is 20.7 Å². The van der Waals surface area contributed by atoms with Gasteiger partial charge in [0.15, 0.2) is 5.96 Å². The summed E-state index contributed by atoms with van der Waals surface area (Å²) in [5.41, 5.74) is 0.306. The van der Waals surface area contributed by atoms with Crippen molar-refractivity contribution in [2.45, 2.75) is 39.8 Å². The van der Waals surface area contributed by atoms with E-state index in [4.69, 9.17) is 9.47 Å². The number of aliphatic imine (C=N–C) groups is 1. The molecule has 0 aliphatic rings. The largest absolute Gasteiger partial charge is 0.481 e. The highest BCUT2D eigenvalue weighted by Crippen LogP contribution is 2.07. The SMILES string of the molecule is CCNC(=NCc1cccc(OC)n1)NCCNC(=O)OC(C)(C)C.I. The van der Waals surface area contributed by atoms with Crippen molar-refractivity contribution in [2.24, 2.45) is 4.99 Å². The predicted molar refractivity (Wildman–Crippen MR) is 113 cm³/mol. The lowest BCUT2D eigenvalue weighted by Gasteiger charge is -2.19. The third-order valence-electron chi connectivity index (χ3n) is 2.82. The number of carbonyl (C=O) groups excluding carboxylic acids is 1. The maximum absolute atomic E-state index is 11.6. The molecule has 0 aliphatic carbocycles. The average Bonchev–Trinajstić information content (AvgIpc) is 2.55. The fourth-order valence-corrected chi connectivity index (χ4v) is 1.82. The Hall–Kier alpha value is -1.78. The van der Waals surface area contributed by atoms with Gasteiger partial charge in [-0.2, -0.15) is 0 Å². The second-order valence-electron chi connectivity index (χ2n) is 6.22. The Morgan fingerprint density at radius 1 is 1.19 bits per heavy atom. The van der Waals surface area contributed by atoms with Crippen molar-refractivity contribution < 1.29 is 14.3 Å². The Balaban J connectivity index is 0.00000625. The molecule has 0 saturated carbocycles. The molecule has 0 aliphatic heterocycles. The summed E-state index contributed by atoms with van der Waals surface area (Å²) in [7, 11) is 1.58. The third-order valence-corrected chi connectivity index (χ3v) is 2.82. The van der Waals surface area contributed by atoms with Gasteiger partial charge >= 0.3 is 6.09 Å². The molecule has 0 fully saturated rings. The average molecular weight is 479 g/mol. The third kappa shape index (κ3) is 11.0. The van der Waals surface area contributed by atoms with E-state index >= 15 is 0 Å². The van der Waals surface area contributed by atoms with Crippen molar-refractivity contribution in [1.29, 1.82) is 0 Å². The molecular weight excluding hydrogens is 449 g/mol. The summed E-state index contributed by atoms with van der Waals surface area (Å²) < 4.78 is 10.3. The number of rotatable bonds is 7. The summed E-state index contributed by atoms with van der Waals surface area (Å²) in [5, 5.41) is 8.98. The number of hydrogen-bond donors (Lipinski definition) is 3. The van der Waals surface area contributed by atoms with Gasteiger partial charge in [-0.25, -0.2) is 14.8 Å². The number of carbonyl (C=O) groups is 1. The standard InChI is InChI=1S/C17H29N5O3.HI/c1-6-18-15(19-10-11-20-16(23)25-17(2,3)4)21-12-13-8-7-9-14(22-13)24-5;/h7-9H,6,10-12H2,1-5H3,(H,20,23)(H2,18,19,21);1H. The molecule has 9 heteroatoms. The molecule has 1 aromatic heterocycles. The molecule has 26 heavy (non-hydrogen) atoms. The molecule has 0 unspecified atom stereocenters. The normalized spacial score (nSPS) is 11.2. The fraction of sp³-hybridized carbons (Fsp3) is 0.588. The molecule has 1 heterocycles. The monoisotopic (exact) mass is 479 g/mol. The molecule has 0 radical (unpaired) electrons. The molecule has 8 nitrogen and oxygen atoms in total. The first-order valence-electron chi connectivity index (χ1n) is 8.33. The van der Waals surface area contributed by atoms with Gasteiger partial charge in [0.25, 0.3) is 0 Å². The molecular formula is C17H30IN5O3. The zero-order valence-electron chi connectivity index (χ0n) is 16.1. The number of ether oxygens (including phenoxy) is 2. The quantitative estimate of drug-likeness (QED) is 0.240. The van der Waals surface area contributed by atoms with Crippen LogP contribution in [-0.4, -0.2) is 49.4 Å². The van der Waals surface area contributed by atoms with Gasteiger partial charge in [0, 0.05) is 25.7 Å². The highest BCUT2D eigenvalue weighted by Gasteiger charge is 2.15. The van der Waals surface area contributed by atoms with E-state index in [0.29, 0.717) is 31.5 Å². The Morgan fingerprint density at radius 3 is 2.50 bits per heavy atom. The summed E-state index contributed by atoms with van der Waals surface area (Å²) >= 11 is 0. The molecule has 0 spiro atoms. The van der Waals surface area contributed by atoms with Crippen LogP contribution in [0.1, 0.15) is 33.4 Å². The number of nitrogens with zero attached hydrogens (tertiary/aromatic N) is 2. The summed E-state index contributed by atoms with van der Waals surface area (Å²) in [6, 6.07) is 5.56. The van der Waals surface area contributed by atoms with Gasteiger partial charge in [-0.05, 0) is 33.8 Å². The number of alkyl carbamates (subject to hydrolysis) is 1. The van der Waals surface area contributed by atoms with E-state index in [1.165, 1.54) is 0 Å². The second kappa shape index (κ2) is 12.6. The maximum Gasteiger partial charge on any atom is 0.407 e. The zero-order chi connectivity index (χ0) is 18.7. The minimum atomic E-state index is -0.502. The van der Waals surface area contributed by atoms with Crippen LogP contribution in [0.5, 0.6) is 5.88 Å². The minimum Gasteiger partial charge on any atom is -0.481 e. The summed E-state index contributed by atoms with van der Waals surface area (Å²) in [4.78, 5) is 20.4. The lowest BCUT2D eigenvalue weighted by molar-refractivity contribution is 0.0529. The van der Waals surface area contributed by atoms with Gasteiger partial charge < -0.3 is 25.4 Å². The van der Waals surface area contributed by atoms with Crippen LogP contribution in [0, 0.1) is 0 Å². The number of hydrogen-bond acceptors (Lipinski definition) is 5. The van der Waals surface area contributed by atoms with Crippen LogP contribution in [0.2, 0.25) is 0 Å². The van der Waals surface area contributed by atoms with Crippen molar-refractivity contribution in [3.8, 4) is 5.88 Å². The number of nitrogens with one attached hydrogen (secondary N) is 3. The number of halogens is 1. The van der Waals surface area contributed by atoms with E-state index in [1.807, 2.05) is 39.8 Å². The van der Waals surface area contributed by atoms with E-state index in [0.717, 1.165) is 12.2 Å². The number of amides is 1. The van der Waals surface area contributed by atoms with E-state index in [1.54, 1.807) is 13.2 Å². The van der Waals surface area contributed by atoms with E-state index in [2.05, 4.69) is 25.9 Å². The molecule has 1 rings (SSSR count). The van der Waals surface area contributed by atoms with E-state index < -0.39 is 11.7 Å². The molecule has 0 saturated heterocycles. The minimum absolute atomic E-state index is 0. The Labute approximate surface area is 172 Å². The van der Waals surface area contributed by atoms with Gasteiger partial charge in [0.1, 0.15) is 5.60 Å². The lowest BCUT2D eigenvalue weighted by atomic mass is 10.2. The van der Waals surface area contributed by atoms with Crippen LogP contribution in [0.3, 0.4) is 0 Å². The first-order chi connectivity index (χ1) is 11.8. The molecule has 148 valence electrons. The molecule has 1 amide bonds. The van der Waals surface area contributed by atoms with Crippen LogP contribution in [0.25, 0.3) is 0 Å². The van der Waals surface area contributed by atoms with Crippen molar-refractivity contribution in [3.63, 3.8) is 0 Å². The van der Waals surface area contributed by atoms with Crippen LogP contribution in [0.4, 0.5) is 4.79 Å². The molecule has 0 bridgehead atoms. The number of pyridine rings is 1. The van der Waals surface area contributed by atoms with Gasteiger partial charge in [-0.1, -0.05) is 6.07 Å². The van der Waals surface area contributed by atoms with Gasteiger partial charge in [-0.3, -0.25) is 0 Å². The van der Waals surface area contributed by atoms with E-state index in [9.17, 15) is 4.79 Å². The number of guanidine groups is 1. The zero-order valence-corrected chi connectivity index (χ0v) is 18.4. The van der Waals surface area contributed by atoms with Crippen molar-refractivity contribution in [3.05, 3.63) is 23.9 Å². The van der Waals surface area contributed by atoms with Crippen molar-refractivity contribution in [2.75, 3.05) is 26.7 Å². The molecule has 0 atom stereocenters. The van der Waals surface area contributed by atoms with Gasteiger partial charge in [0.2, 0.25) is 5.88 Å². The van der Waals surface area contributed by atoms with Gasteiger partial charge in [0.05, 0.1) is 19.3 Å². The molecule has 3 N–H and O–H groups in total. The first kappa shape index (κ1) is 24.2. The highest BCUT2D eigenvalue weighted by molar-refractivity contribution is 14.0. The molecule has 1 aromatic rings. The predicted octanol–water partition coefficient (Wildman–Crippen LogP) is 2.29. The fourth-order valence-electron chi connectivity index (χ4n) is 1.82. The summed E-state index contributed by atoms with van der Waals surface area (Å²) in [6.45, 7) is 9.57. The smallest absolute Gasteiger partial charge is 0.407 e. The Kier molecular flexibility index (Phi) is 11.7. The topological polar surface area (TPSA) is 96.9 Å². The Bertz CT molecular complexity index is 576. The van der Waals surface area contributed by atoms with Crippen molar-refractivity contribution in [1.82, 2.24) is 20.9 Å². The second-order valence-corrected chi connectivity index (χ2v) is 6.22. The lowest BCUT2D eigenvalue weighted by Crippen LogP contribution is -2.42. The van der Waals surface area contributed by atoms with Crippen LogP contribution >= 0.6 is 24.0 Å². The van der Waals surface area contributed by atoms with Crippen LogP contribution in [-0.2, 0) is 11.3 Å². The van der Waals surface area contributed by atoms with Gasteiger partial charge in [-0.15, -0.1) is 24.0 Å². The highest BCUT2D eigenvalue weighted by atomic mass is 127.